The lowest BCUT2D eigenvalue weighted by molar-refractivity contribution is 0.666. The van der Waals surface area contributed by atoms with Gasteiger partial charge in [0.1, 0.15) is 13.9 Å². The highest BCUT2D eigenvalue weighted by atomic mass is 32.2. The minimum atomic E-state index is 0.587. The molecule has 0 saturated heterocycles. The van der Waals surface area contributed by atoms with Crippen LogP contribution in [0.2, 0.25) is 0 Å². The summed E-state index contributed by atoms with van der Waals surface area (Å²) in [6.07, 6.45) is 3.18. The number of aromatic nitrogens is 2. The lowest BCUT2D eigenvalue weighted by Crippen LogP contribution is -1.91. The number of hydrogen-bond donors (Lipinski definition) is 3. The van der Waals surface area contributed by atoms with E-state index in [0.29, 0.717) is 21.9 Å². The fourth-order valence-electron chi connectivity index (χ4n) is 5.98. The van der Waals surface area contributed by atoms with Gasteiger partial charge in [0.15, 0.2) is 0 Å². The van der Waals surface area contributed by atoms with Crippen molar-refractivity contribution < 1.29 is 4.55 Å². The number of thioether (sulfide) groups is 1. The summed E-state index contributed by atoms with van der Waals surface area (Å²) in [6.45, 7) is 0. The first-order valence-electron chi connectivity index (χ1n) is 15.7. The van der Waals surface area contributed by atoms with Gasteiger partial charge in [0.2, 0.25) is 0 Å². The van der Waals surface area contributed by atoms with Crippen LogP contribution in [0.15, 0.2) is 110 Å². The summed E-state index contributed by atoms with van der Waals surface area (Å²) in [5.41, 5.74) is 22.4. The van der Waals surface area contributed by atoms with E-state index in [0.717, 1.165) is 98.7 Å². The summed E-state index contributed by atoms with van der Waals surface area (Å²) in [5.74, 6) is 0.996. The molecule has 0 radical (unpaired) electrons. The average Bonchev–Trinajstić information content (AvgIpc) is 3.96. The zero-order chi connectivity index (χ0) is 33.3. The zero-order valence-electron chi connectivity index (χ0n) is 26.1. The predicted octanol–water partition coefficient (Wildman–Crippen LogP) is 12.5. The number of benzene rings is 2. The van der Waals surface area contributed by atoms with Crippen LogP contribution < -0.4 is 11.5 Å². The molecule has 5 N–H and O–H groups in total. The maximum Gasteiger partial charge on any atom is 0.127 e. The van der Waals surface area contributed by atoms with Crippen LogP contribution in [-0.2, 0) is 6.42 Å². The smallest absolute Gasteiger partial charge is 0.127 e. The number of fused-ring (bicyclic) bond motifs is 2. The lowest BCUT2D eigenvalue weighted by Gasteiger charge is -2.08. The highest BCUT2D eigenvalue weighted by Gasteiger charge is 2.20. The molecule has 0 unspecified atom stereocenters. The topological polar surface area (TPSA) is 98.0 Å². The van der Waals surface area contributed by atoms with Gasteiger partial charge in [-0.15, -0.1) is 57.1 Å². The van der Waals surface area contributed by atoms with E-state index >= 15 is 0 Å². The first kappa shape index (κ1) is 32.5. The maximum absolute atomic E-state index is 9.81. The molecule has 49 heavy (non-hydrogen) atoms. The van der Waals surface area contributed by atoms with E-state index in [1.807, 2.05) is 36.0 Å². The standard InChI is InChI=1S/C38H30N4OS6/c39-33-31-25(23-11-3-1-4-12-23)19-27(29-15-9-17-44-29)41-35(31)47-37(33)45-16-8-7-10-22-18-30(46-21-22)28-20-26(24-13-5-2-6-14-24)32-34(40)38(49-43)48-36(32)42-28/h1-6,9,11-15,17-21,43H,7-8,10,16,39-40H2. The van der Waals surface area contributed by atoms with Crippen LogP contribution in [0.3, 0.4) is 0 Å². The van der Waals surface area contributed by atoms with Crippen molar-refractivity contribution in [3.05, 3.63) is 107 Å². The van der Waals surface area contributed by atoms with Gasteiger partial charge in [-0.2, -0.15) is 0 Å². The van der Waals surface area contributed by atoms with E-state index < -0.39 is 0 Å². The summed E-state index contributed by atoms with van der Waals surface area (Å²) in [4.78, 5) is 14.2. The van der Waals surface area contributed by atoms with Gasteiger partial charge in [-0.1, -0.05) is 66.7 Å². The molecule has 2 aromatic carbocycles. The monoisotopic (exact) mass is 750 g/mol. The molecular formula is C38H30N4OS6. The molecular weight excluding hydrogens is 721 g/mol. The molecule has 244 valence electrons. The molecule has 6 heterocycles. The lowest BCUT2D eigenvalue weighted by atomic mass is 10.0. The van der Waals surface area contributed by atoms with Gasteiger partial charge in [-0.25, -0.2) is 9.97 Å². The number of nitrogens with two attached hydrogens (primary N) is 2. The highest BCUT2D eigenvalue weighted by Crippen LogP contribution is 2.47. The third-order valence-electron chi connectivity index (χ3n) is 8.36. The summed E-state index contributed by atoms with van der Waals surface area (Å²) in [5, 5.41) is 6.31. The first-order valence-corrected chi connectivity index (χ1v) is 20.8. The molecule has 8 rings (SSSR count). The third-order valence-corrected chi connectivity index (χ3v) is 14.5. The van der Waals surface area contributed by atoms with Crippen molar-refractivity contribution in [3.63, 3.8) is 0 Å². The van der Waals surface area contributed by atoms with Crippen molar-refractivity contribution in [2.45, 2.75) is 27.7 Å². The number of hydrogen-bond acceptors (Lipinski definition) is 11. The fraction of sp³-hybridized carbons (Fsp3) is 0.105. The van der Waals surface area contributed by atoms with Crippen molar-refractivity contribution in [3.8, 4) is 43.4 Å². The van der Waals surface area contributed by atoms with Crippen LogP contribution in [0.4, 0.5) is 11.4 Å². The Bertz CT molecular complexity index is 2380. The largest absolute Gasteiger partial charge is 0.397 e. The van der Waals surface area contributed by atoms with Gasteiger partial charge in [-0.05, 0) is 87.9 Å². The molecule has 0 aliphatic rings. The number of nitrogens with zero attached hydrogens (tertiary/aromatic N) is 2. The molecule has 11 heteroatoms. The molecule has 0 fully saturated rings. The first-order chi connectivity index (χ1) is 24.1. The second-order valence-corrected chi connectivity index (χ2v) is 17.6. The maximum atomic E-state index is 9.81. The van der Waals surface area contributed by atoms with Gasteiger partial charge in [0.25, 0.3) is 0 Å². The third kappa shape index (κ3) is 6.52. The van der Waals surface area contributed by atoms with Gasteiger partial charge >= 0.3 is 0 Å². The summed E-state index contributed by atoms with van der Waals surface area (Å²) < 4.78 is 11.6. The van der Waals surface area contributed by atoms with E-state index in [9.17, 15) is 4.55 Å². The molecule has 5 nitrogen and oxygen atoms in total. The SMILES string of the molecule is Nc1c(SO)sc2nc(-c3cc(CCCCSc4sc5nc(-c6cccs6)cc(-c6ccccc6)c5c4N)cs3)cc(-c3ccccc3)c12. The zero-order valence-corrected chi connectivity index (χ0v) is 31.0. The Morgan fingerprint density at radius 1 is 0.653 bits per heavy atom. The van der Waals surface area contributed by atoms with E-state index in [2.05, 4.69) is 77.5 Å². The van der Waals surface area contributed by atoms with Crippen molar-refractivity contribution in [2.24, 2.45) is 0 Å². The van der Waals surface area contributed by atoms with Crippen molar-refractivity contribution in [2.75, 3.05) is 17.2 Å². The van der Waals surface area contributed by atoms with Crippen LogP contribution in [0.5, 0.6) is 0 Å². The molecule has 0 aliphatic heterocycles. The van der Waals surface area contributed by atoms with Crippen LogP contribution in [0.1, 0.15) is 18.4 Å². The number of unbranched alkanes of at least 4 members (excludes halogenated alkanes) is 1. The molecule has 0 spiro atoms. The minimum Gasteiger partial charge on any atom is -0.397 e. The van der Waals surface area contributed by atoms with Crippen LogP contribution in [-0.4, -0.2) is 20.3 Å². The Kier molecular flexibility index (Phi) is 9.48. The van der Waals surface area contributed by atoms with Crippen molar-refractivity contribution in [1.29, 1.82) is 0 Å². The molecule has 8 aromatic rings. The Hall–Kier alpha value is -3.68. The Balaban J connectivity index is 0.970. The van der Waals surface area contributed by atoms with E-state index in [1.165, 1.54) is 16.9 Å². The molecule has 0 aliphatic carbocycles. The number of rotatable bonds is 11. The summed E-state index contributed by atoms with van der Waals surface area (Å²) in [6, 6.07) is 31.5. The van der Waals surface area contributed by atoms with Crippen LogP contribution >= 0.6 is 69.2 Å². The fourth-order valence-corrected chi connectivity index (χ4v) is 11.4. The molecule has 0 atom stereocenters. The molecule has 0 bridgehead atoms. The van der Waals surface area contributed by atoms with Crippen LogP contribution in [0.25, 0.3) is 63.8 Å². The van der Waals surface area contributed by atoms with Gasteiger partial charge < -0.3 is 16.0 Å². The van der Waals surface area contributed by atoms with Gasteiger partial charge in [0, 0.05) is 22.8 Å². The molecule has 6 aromatic heterocycles. The van der Waals surface area contributed by atoms with Crippen molar-refractivity contribution in [1.82, 2.24) is 9.97 Å². The Morgan fingerprint density at radius 3 is 1.88 bits per heavy atom. The summed E-state index contributed by atoms with van der Waals surface area (Å²) in [7, 11) is 0. The number of pyridine rings is 2. The number of nitrogen functional groups attached to an aromatic ring is 2. The number of thiophene rings is 4. The van der Waals surface area contributed by atoms with E-state index in [-0.39, 0.29) is 0 Å². The molecule has 0 amide bonds. The van der Waals surface area contributed by atoms with Gasteiger partial charge in [-0.3, -0.25) is 0 Å². The summed E-state index contributed by atoms with van der Waals surface area (Å²) >= 11 is 9.11. The quantitative estimate of drug-likeness (QED) is 0.0688. The molecule has 0 saturated carbocycles. The second kappa shape index (κ2) is 14.3. The normalized spacial score (nSPS) is 11.6. The Labute approximate surface area is 308 Å². The minimum absolute atomic E-state index is 0.587. The highest BCUT2D eigenvalue weighted by molar-refractivity contribution is 8.01. The average molecular weight is 751 g/mol. The van der Waals surface area contributed by atoms with Crippen molar-refractivity contribution >= 4 is 101 Å². The second-order valence-electron chi connectivity index (χ2n) is 11.5. The predicted molar refractivity (Wildman–Crippen MR) is 218 cm³/mol. The Morgan fingerprint density at radius 2 is 1.27 bits per heavy atom. The van der Waals surface area contributed by atoms with E-state index in [1.54, 1.807) is 34.0 Å². The van der Waals surface area contributed by atoms with E-state index in [4.69, 9.17) is 21.4 Å². The number of anilines is 2. The van der Waals surface area contributed by atoms with Gasteiger partial charge in [0.05, 0.1) is 36.7 Å². The number of aryl methyl sites for hydroxylation is 1. The van der Waals surface area contributed by atoms with Crippen LogP contribution in [0, 0.1) is 0 Å².